The molecule has 1 aliphatic carbocycles. The van der Waals surface area contributed by atoms with Crippen molar-refractivity contribution in [1.29, 1.82) is 0 Å². The Hall–Kier alpha value is -1.10. The Balaban J connectivity index is 2.47. The maximum Gasteiger partial charge on any atom is 0.307 e. The van der Waals surface area contributed by atoms with Gasteiger partial charge in [-0.05, 0) is 32.4 Å². The van der Waals surface area contributed by atoms with Crippen molar-refractivity contribution in [3.05, 3.63) is 0 Å². The third-order valence-electron chi connectivity index (χ3n) is 4.22. The summed E-state index contributed by atoms with van der Waals surface area (Å²) in [7, 11) is 1.99. The van der Waals surface area contributed by atoms with Crippen LogP contribution in [0.2, 0.25) is 0 Å². The summed E-state index contributed by atoms with van der Waals surface area (Å²) in [6.07, 6.45) is 2.30. The molecule has 2 N–H and O–H groups in total. The molecule has 1 aliphatic rings. The average Bonchev–Trinajstić information content (AvgIpc) is 2.82. The van der Waals surface area contributed by atoms with Gasteiger partial charge in [-0.15, -0.1) is 0 Å². The molecule has 1 rings (SSSR count). The number of carboxylic acids is 1. The smallest absolute Gasteiger partial charge is 0.307 e. The molecule has 0 aromatic carbocycles. The van der Waals surface area contributed by atoms with Gasteiger partial charge in [-0.25, -0.2) is 0 Å². The van der Waals surface area contributed by atoms with Crippen molar-refractivity contribution in [1.82, 2.24) is 10.2 Å². The van der Waals surface area contributed by atoms with Gasteiger partial charge in [0.15, 0.2) is 0 Å². The van der Waals surface area contributed by atoms with Crippen LogP contribution >= 0.6 is 0 Å². The Kier molecular flexibility index (Phi) is 6.28. The van der Waals surface area contributed by atoms with Gasteiger partial charge in [0, 0.05) is 13.1 Å². The SMILES string of the molecule is CCC1CC(C(=O)O)C(C(=O)NCCN(C)CC)C1. The second kappa shape index (κ2) is 7.48. The first kappa shape index (κ1) is 16.0. The fourth-order valence-electron chi connectivity index (χ4n) is 2.70. The summed E-state index contributed by atoms with van der Waals surface area (Å²) >= 11 is 0. The molecule has 0 spiro atoms. The summed E-state index contributed by atoms with van der Waals surface area (Å²) in [5.74, 6) is -1.41. The fraction of sp³-hybridized carbons (Fsp3) is 0.857. The van der Waals surface area contributed by atoms with Crippen molar-refractivity contribution in [3.8, 4) is 0 Å². The Morgan fingerprint density at radius 1 is 1.26 bits per heavy atom. The highest BCUT2D eigenvalue weighted by molar-refractivity contribution is 5.85. The topological polar surface area (TPSA) is 69.6 Å². The second-order valence-corrected chi connectivity index (χ2v) is 5.48. The van der Waals surface area contributed by atoms with E-state index in [1.807, 2.05) is 7.05 Å². The zero-order valence-electron chi connectivity index (χ0n) is 12.2. The number of carboxylic acid groups (broad SMARTS) is 1. The van der Waals surface area contributed by atoms with E-state index in [1.54, 1.807) is 0 Å². The summed E-state index contributed by atoms with van der Waals surface area (Å²) in [5.41, 5.74) is 0. The molecule has 3 atom stereocenters. The lowest BCUT2D eigenvalue weighted by atomic mass is 9.95. The number of rotatable bonds is 7. The van der Waals surface area contributed by atoms with E-state index in [0.29, 0.717) is 25.3 Å². The first-order valence-corrected chi connectivity index (χ1v) is 7.18. The molecule has 1 amide bonds. The summed E-state index contributed by atoms with van der Waals surface area (Å²) in [5, 5.41) is 12.1. The normalized spacial score (nSPS) is 26.6. The first-order chi connectivity index (χ1) is 8.99. The lowest BCUT2D eigenvalue weighted by Crippen LogP contribution is -2.39. The highest BCUT2D eigenvalue weighted by Crippen LogP contribution is 2.38. The Bertz CT molecular complexity index is 320. The van der Waals surface area contributed by atoms with E-state index in [2.05, 4.69) is 24.1 Å². The number of amides is 1. The quantitative estimate of drug-likeness (QED) is 0.729. The van der Waals surface area contributed by atoms with E-state index in [4.69, 9.17) is 0 Å². The minimum atomic E-state index is -0.832. The third-order valence-corrected chi connectivity index (χ3v) is 4.22. The summed E-state index contributed by atoms with van der Waals surface area (Å²) in [6.45, 7) is 6.44. The number of carbonyl (C=O) groups is 2. The van der Waals surface area contributed by atoms with Crippen molar-refractivity contribution in [2.45, 2.75) is 33.1 Å². The standard InChI is InChI=1S/C14H26N2O3/c1-4-10-8-11(12(9-10)14(18)19)13(17)15-6-7-16(3)5-2/h10-12H,4-9H2,1-3H3,(H,15,17)(H,18,19). The van der Waals surface area contributed by atoms with E-state index in [9.17, 15) is 14.7 Å². The second-order valence-electron chi connectivity index (χ2n) is 5.48. The molecule has 3 unspecified atom stereocenters. The molecule has 0 aliphatic heterocycles. The van der Waals surface area contributed by atoms with E-state index in [1.165, 1.54) is 0 Å². The van der Waals surface area contributed by atoms with E-state index >= 15 is 0 Å². The summed E-state index contributed by atoms with van der Waals surface area (Å²) < 4.78 is 0. The van der Waals surface area contributed by atoms with Crippen molar-refractivity contribution >= 4 is 11.9 Å². The van der Waals surface area contributed by atoms with Crippen LogP contribution in [0.4, 0.5) is 0 Å². The van der Waals surface area contributed by atoms with Crippen LogP contribution in [0.15, 0.2) is 0 Å². The molecule has 0 radical (unpaired) electrons. The van der Waals surface area contributed by atoms with Crippen molar-refractivity contribution in [3.63, 3.8) is 0 Å². The van der Waals surface area contributed by atoms with Gasteiger partial charge in [0.2, 0.25) is 5.91 Å². The van der Waals surface area contributed by atoms with Crippen LogP contribution in [0.25, 0.3) is 0 Å². The van der Waals surface area contributed by atoms with Crippen LogP contribution in [0.1, 0.15) is 33.1 Å². The lowest BCUT2D eigenvalue weighted by Gasteiger charge is -2.18. The predicted octanol–water partition coefficient (Wildman–Crippen LogP) is 1.19. The van der Waals surface area contributed by atoms with Gasteiger partial charge in [0.25, 0.3) is 0 Å². The molecule has 5 nitrogen and oxygen atoms in total. The highest BCUT2D eigenvalue weighted by Gasteiger charge is 2.41. The molecule has 0 aromatic heterocycles. The molecular formula is C14H26N2O3. The van der Waals surface area contributed by atoms with Crippen molar-refractivity contribution < 1.29 is 14.7 Å². The van der Waals surface area contributed by atoms with Gasteiger partial charge in [-0.1, -0.05) is 20.3 Å². The van der Waals surface area contributed by atoms with Gasteiger partial charge >= 0.3 is 5.97 Å². The Morgan fingerprint density at radius 2 is 1.89 bits per heavy atom. The molecule has 110 valence electrons. The zero-order chi connectivity index (χ0) is 14.4. The number of hydrogen-bond donors (Lipinski definition) is 2. The van der Waals surface area contributed by atoms with Gasteiger partial charge in [0.1, 0.15) is 0 Å². The van der Waals surface area contributed by atoms with Gasteiger partial charge in [-0.2, -0.15) is 0 Å². The monoisotopic (exact) mass is 270 g/mol. The molecule has 0 aromatic rings. The minimum Gasteiger partial charge on any atom is -0.481 e. The summed E-state index contributed by atoms with van der Waals surface area (Å²) in [4.78, 5) is 25.4. The lowest BCUT2D eigenvalue weighted by molar-refractivity contribution is -0.146. The molecular weight excluding hydrogens is 244 g/mol. The first-order valence-electron chi connectivity index (χ1n) is 7.18. The molecule has 0 saturated heterocycles. The van der Waals surface area contributed by atoms with Crippen LogP contribution in [0.3, 0.4) is 0 Å². The van der Waals surface area contributed by atoms with Gasteiger partial charge in [0.05, 0.1) is 11.8 Å². The third kappa shape index (κ3) is 4.49. The van der Waals surface area contributed by atoms with Gasteiger partial charge < -0.3 is 15.3 Å². The number of nitrogens with zero attached hydrogens (tertiary/aromatic N) is 1. The molecule has 5 heteroatoms. The van der Waals surface area contributed by atoms with Gasteiger partial charge in [-0.3, -0.25) is 9.59 Å². The number of likely N-dealkylation sites (N-methyl/N-ethyl adjacent to an activating group) is 1. The molecule has 1 saturated carbocycles. The number of nitrogens with one attached hydrogen (secondary N) is 1. The Labute approximate surface area is 115 Å². The Morgan fingerprint density at radius 3 is 2.42 bits per heavy atom. The zero-order valence-corrected chi connectivity index (χ0v) is 12.2. The van der Waals surface area contributed by atoms with E-state index in [0.717, 1.165) is 19.5 Å². The average molecular weight is 270 g/mol. The molecule has 1 fully saturated rings. The molecule has 0 bridgehead atoms. The molecule has 0 heterocycles. The van der Waals surface area contributed by atoms with E-state index < -0.39 is 11.9 Å². The van der Waals surface area contributed by atoms with Crippen LogP contribution < -0.4 is 5.32 Å². The van der Waals surface area contributed by atoms with Crippen molar-refractivity contribution in [2.24, 2.45) is 17.8 Å². The predicted molar refractivity (Wildman–Crippen MR) is 73.8 cm³/mol. The number of carbonyl (C=O) groups excluding carboxylic acids is 1. The maximum atomic E-state index is 12.1. The summed E-state index contributed by atoms with van der Waals surface area (Å²) in [6, 6.07) is 0. The fourth-order valence-corrected chi connectivity index (χ4v) is 2.70. The van der Waals surface area contributed by atoms with Crippen LogP contribution in [-0.2, 0) is 9.59 Å². The van der Waals surface area contributed by atoms with Crippen molar-refractivity contribution in [2.75, 3.05) is 26.7 Å². The van der Waals surface area contributed by atoms with Crippen LogP contribution in [0, 0.1) is 17.8 Å². The number of hydrogen-bond acceptors (Lipinski definition) is 3. The number of aliphatic carboxylic acids is 1. The maximum absolute atomic E-state index is 12.1. The largest absolute Gasteiger partial charge is 0.481 e. The van der Waals surface area contributed by atoms with Crippen LogP contribution in [-0.4, -0.2) is 48.6 Å². The van der Waals surface area contributed by atoms with E-state index in [-0.39, 0.29) is 11.8 Å². The highest BCUT2D eigenvalue weighted by atomic mass is 16.4. The molecule has 19 heavy (non-hydrogen) atoms. The van der Waals surface area contributed by atoms with Crippen LogP contribution in [0.5, 0.6) is 0 Å². The minimum absolute atomic E-state index is 0.0900.